The topological polar surface area (TPSA) is 95.5 Å². The molecule has 0 spiro atoms. The molecular formula is C16H13F3NO5S-. The molecule has 2 rings (SSSR count). The fraction of sp³-hybridized carbons (Fsp3) is 0.188. The lowest BCUT2D eigenvalue weighted by atomic mass is 10.1. The van der Waals surface area contributed by atoms with Crippen molar-refractivity contribution in [2.45, 2.75) is 25.1 Å². The van der Waals surface area contributed by atoms with Gasteiger partial charge in [-0.15, -0.1) is 13.2 Å². The van der Waals surface area contributed by atoms with E-state index in [1.807, 2.05) is 0 Å². The molecule has 0 aliphatic carbocycles. The van der Waals surface area contributed by atoms with Gasteiger partial charge in [-0.3, -0.25) is 4.72 Å². The minimum atomic E-state index is -4.86. The average Bonchev–Trinajstić information content (AvgIpc) is 2.49. The fourth-order valence-electron chi connectivity index (χ4n) is 2.16. The standard InChI is InChI=1S/C16H14F3NO5S/c1-9-7-11(15(21)22)8-14(10(9)2)26(23,24)20-12-3-5-13(6-4-12)25-16(17,18)19/h3-8,20H,1-2H3,(H,21,22)/p-1. The molecule has 0 aromatic heterocycles. The number of aryl methyl sites for hydroxylation is 1. The first-order valence-electron chi connectivity index (χ1n) is 7.10. The summed E-state index contributed by atoms with van der Waals surface area (Å²) in [5.74, 6) is -2.04. The van der Waals surface area contributed by atoms with Gasteiger partial charge in [0, 0.05) is 5.69 Å². The number of carbonyl (C=O) groups is 1. The van der Waals surface area contributed by atoms with Gasteiger partial charge in [0.25, 0.3) is 10.0 Å². The third-order valence-corrected chi connectivity index (χ3v) is 4.99. The summed E-state index contributed by atoms with van der Waals surface area (Å²) in [6, 6.07) is 6.31. The van der Waals surface area contributed by atoms with Crippen LogP contribution in [0.5, 0.6) is 5.75 Å². The largest absolute Gasteiger partial charge is 0.573 e. The zero-order valence-corrected chi connectivity index (χ0v) is 14.4. The lowest BCUT2D eigenvalue weighted by molar-refractivity contribution is -0.274. The van der Waals surface area contributed by atoms with E-state index in [1.54, 1.807) is 6.92 Å². The van der Waals surface area contributed by atoms with Crippen LogP contribution in [0.1, 0.15) is 21.5 Å². The van der Waals surface area contributed by atoms with Crippen molar-refractivity contribution in [3.8, 4) is 5.75 Å². The monoisotopic (exact) mass is 388 g/mol. The van der Waals surface area contributed by atoms with Crippen molar-refractivity contribution in [2.75, 3.05) is 4.72 Å². The zero-order valence-electron chi connectivity index (χ0n) is 13.5. The minimum absolute atomic E-state index is 0.0181. The van der Waals surface area contributed by atoms with E-state index in [4.69, 9.17) is 0 Å². The van der Waals surface area contributed by atoms with E-state index in [-0.39, 0.29) is 16.1 Å². The lowest BCUT2D eigenvalue weighted by Gasteiger charge is -2.15. The van der Waals surface area contributed by atoms with E-state index in [0.29, 0.717) is 11.1 Å². The number of rotatable bonds is 5. The first-order chi connectivity index (χ1) is 11.9. The molecule has 0 aliphatic heterocycles. The van der Waals surface area contributed by atoms with Crippen LogP contribution in [0.15, 0.2) is 41.3 Å². The fourth-order valence-corrected chi connectivity index (χ4v) is 3.56. The maximum Gasteiger partial charge on any atom is 0.573 e. The number of sulfonamides is 1. The second-order valence-corrected chi connectivity index (χ2v) is 7.03. The first-order valence-corrected chi connectivity index (χ1v) is 8.58. The number of anilines is 1. The van der Waals surface area contributed by atoms with Gasteiger partial charge in [0.2, 0.25) is 0 Å². The number of carboxylic acid groups (broad SMARTS) is 1. The quantitative estimate of drug-likeness (QED) is 0.849. The van der Waals surface area contributed by atoms with Gasteiger partial charge in [0.05, 0.1) is 10.9 Å². The number of hydrogen-bond donors (Lipinski definition) is 1. The van der Waals surface area contributed by atoms with Crippen molar-refractivity contribution in [1.29, 1.82) is 0 Å². The van der Waals surface area contributed by atoms with E-state index in [1.165, 1.54) is 13.0 Å². The highest BCUT2D eigenvalue weighted by atomic mass is 32.2. The number of halogens is 3. The van der Waals surface area contributed by atoms with Crippen LogP contribution >= 0.6 is 0 Å². The molecule has 140 valence electrons. The van der Waals surface area contributed by atoms with Crippen molar-refractivity contribution in [3.63, 3.8) is 0 Å². The van der Waals surface area contributed by atoms with Crippen LogP contribution in [-0.2, 0) is 10.0 Å². The van der Waals surface area contributed by atoms with E-state index < -0.39 is 28.1 Å². The predicted octanol–water partition coefficient (Wildman–Crippen LogP) is 2.37. The molecule has 2 aromatic carbocycles. The van der Waals surface area contributed by atoms with Crippen LogP contribution in [0.25, 0.3) is 0 Å². The Morgan fingerprint density at radius 1 is 1.12 bits per heavy atom. The Balaban J connectivity index is 2.33. The summed E-state index contributed by atoms with van der Waals surface area (Å²) in [5, 5.41) is 11.0. The highest BCUT2D eigenvalue weighted by molar-refractivity contribution is 7.92. The molecule has 0 radical (unpaired) electrons. The Kier molecular flexibility index (Phi) is 5.17. The van der Waals surface area contributed by atoms with Gasteiger partial charge >= 0.3 is 6.36 Å². The molecule has 0 atom stereocenters. The second kappa shape index (κ2) is 6.87. The summed E-state index contributed by atoms with van der Waals surface area (Å²) < 4.78 is 67.3. The maximum atomic E-state index is 12.5. The number of alkyl halides is 3. The van der Waals surface area contributed by atoms with Crippen molar-refractivity contribution in [3.05, 3.63) is 53.1 Å². The molecule has 0 fully saturated rings. The third kappa shape index (κ3) is 4.66. The number of carbonyl (C=O) groups excluding carboxylic acids is 1. The smallest absolute Gasteiger partial charge is 0.545 e. The molecule has 6 nitrogen and oxygen atoms in total. The SMILES string of the molecule is Cc1cc(C(=O)[O-])cc(S(=O)(=O)Nc2ccc(OC(F)(F)F)cc2)c1C. The predicted molar refractivity (Wildman–Crippen MR) is 84.2 cm³/mol. The zero-order chi connectivity index (χ0) is 19.7. The molecule has 0 saturated carbocycles. The van der Waals surface area contributed by atoms with Crippen LogP contribution in [0.3, 0.4) is 0 Å². The van der Waals surface area contributed by atoms with E-state index in [0.717, 1.165) is 30.3 Å². The number of nitrogens with one attached hydrogen (secondary N) is 1. The number of hydrogen-bond acceptors (Lipinski definition) is 5. The molecule has 0 saturated heterocycles. The van der Waals surface area contributed by atoms with E-state index in [2.05, 4.69) is 9.46 Å². The number of benzene rings is 2. The molecule has 0 amide bonds. The Morgan fingerprint density at radius 3 is 2.19 bits per heavy atom. The van der Waals surface area contributed by atoms with Gasteiger partial charge in [-0.2, -0.15) is 0 Å². The molecule has 2 aromatic rings. The Labute approximate surface area is 147 Å². The van der Waals surface area contributed by atoms with Gasteiger partial charge in [-0.25, -0.2) is 8.42 Å². The Bertz CT molecular complexity index is 938. The highest BCUT2D eigenvalue weighted by Gasteiger charge is 2.31. The van der Waals surface area contributed by atoms with E-state index >= 15 is 0 Å². The van der Waals surface area contributed by atoms with Crippen LogP contribution in [0.2, 0.25) is 0 Å². The number of aromatic carboxylic acids is 1. The Morgan fingerprint density at radius 2 is 1.69 bits per heavy atom. The minimum Gasteiger partial charge on any atom is -0.545 e. The van der Waals surface area contributed by atoms with Gasteiger partial charge in [0.1, 0.15) is 5.75 Å². The average molecular weight is 388 g/mol. The van der Waals surface area contributed by atoms with Crippen molar-refractivity contribution < 1.29 is 36.2 Å². The molecule has 26 heavy (non-hydrogen) atoms. The number of carboxylic acids is 1. The van der Waals surface area contributed by atoms with Crippen LogP contribution in [0, 0.1) is 13.8 Å². The molecule has 0 heterocycles. The summed E-state index contributed by atoms with van der Waals surface area (Å²) in [4.78, 5) is 10.8. The van der Waals surface area contributed by atoms with Gasteiger partial charge in [-0.05, 0) is 66.9 Å². The Hall–Kier alpha value is -2.75. The highest BCUT2D eigenvalue weighted by Crippen LogP contribution is 2.26. The second-order valence-electron chi connectivity index (χ2n) is 5.38. The van der Waals surface area contributed by atoms with Gasteiger partial charge < -0.3 is 14.6 Å². The number of ether oxygens (including phenoxy) is 1. The van der Waals surface area contributed by atoms with Crippen molar-refractivity contribution in [1.82, 2.24) is 0 Å². The van der Waals surface area contributed by atoms with Gasteiger partial charge in [0.15, 0.2) is 0 Å². The molecular weight excluding hydrogens is 375 g/mol. The van der Waals surface area contributed by atoms with Crippen molar-refractivity contribution >= 4 is 21.7 Å². The summed E-state index contributed by atoms with van der Waals surface area (Å²) in [7, 11) is -4.17. The molecule has 1 N–H and O–H groups in total. The van der Waals surface area contributed by atoms with Crippen LogP contribution < -0.4 is 14.6 Å². The molecule has 10 heteroatoms. The van der Waals surface area contributed by atoms with Crippen LogP contribution in [0.4, 0.5) is 18.9 Å². The van der Waals surface area contributed by atoms with Crippen molar-refractivity contribution in [2.24, 2.45) is 0 Å². The summed E-state index contributed by atoms with van der Waals surface area (Å²) in [6.45, 7) is 3.05. The normalized spacial score (nSPS) is 11.9. The lowest BCUT2D eigenvalue weighted by Crippen LogP contribution is -2.24. The molecule has 0 unspecified atom stereocenters. The van der Waals surface area contributed by atoms with Gasteiger partial charge in [-0.1, -0.05) is 0 Å². The molecule has 0 bridgehead atoms. The summed E-state index contributed by atoms with van der Waals surface area (Å²) in [5.41, 5.74) is 0.443. The van der Waals surface area contributed by atoms with E-state index in [9.17, 15) is 31.5 Å². The summed E-state index contributed by atoms with van der Waals surface area (Å²) >= 11 is 0. The molecule has 0 aliphatic rings. The first kappa shape index (κ1) is 19.6. The maximum absolute atomic E-state index is 12.5. The van der Waals surface area contributed by atoms with Crippen LogP contribution in [-0.4, -0.2) is 20.7 Å². The summed E-state index contributed by atoms with van der Waals surface area (Å²) in [6.07, 6.45) is -4.86. The third-order valence-electron chi connectivity index (χ3n) is 3.49.